The Balaban J connectivity index is 1.75. The van der Waals surface area contributed by atoms with Gasteiger partial charge in [-0.25, -0.2) is 0 Å². The maximum absolute atomic E-state index is 13.0. The SMILES string of the molecule is CC(=O)Nc1cccc(-n2c(C)nnc2SCC(=O)N(Cc2ccccc2)C(C)C)c1. The quantitative estimate of drug-likeness (QED) is 0.538. The molecule has 7 nitrogen and oxygen atoms in total. The number of carbonyl (C=O) groups is 2. The monoisotopic (exact) mass is 437 g/mol. The van der Waals surface area contributed by atoms with Gasteiger partial charge in [0.25, 0.3) is 0 Å². The molecule has 0 aliphatic carbocycles. The van der Waals surface area contributed by atoms with Crippen molar-refractivity contribution >= 4 is 29.3 Å². The molecule has 0 atom stereocenters. The van der Waals surface area contributed by atoms with E-state index in [0.717, 1.165) is 11.3 Å². The maximum atomic E-state index is 13.0. The van der Waals surface area contributed by atoms with Gasteiger partial charge < -0.3 is 10.2 Å². The molecular formula is C23H27N5O2S. The third-order valence-electron chi connectivity index (χ3n) is 4.68. The zero-order valence-corrected chi connectivity index (χ0v) is 19.0. The number of aryl methyl sites for hydroxylation is 1. The van der Waals surface area contributed by atoms with E-state index in [2.05, 4.69) is 15.5 Å². The number of anilines is 1. The molecule has 1 aromatic heterocycles. The van der Waals surface area contributed by atoms with Crippen LogP contribution in [0, 0.1) is 6.92 Å². The van der Waals surface area contributed by atoms with Crippen LogP contribution < -0.4 is 5.32 Å². The molecule has 0 fully saturated rings. The van der Waals surface area contributed by atoms with Gasteiger partial charge in [0, 0.05) is 25.2 Å². The van der Waals surface area contributed by atoms with Gasteiger partial charge in [0.1, 0.15) is 5.82 Å². The third-order valence-corrected chi connectivity index (χ3v) is 5.60. The summed E-state index contributed by atoms with van der Waals surface area (Å²) in [4.78, 5) is 26.2. The molecule has 1 heterocycles. The lowest BCUT2D eigenvalue weighted by atomic mass is 10.2. The summed E-state index contributed by atoms with van der Waals surface area (Å²) >= 11 is 1.36. The minimum Gasteiger partial charge on any atom is -0.335 e. The van der Waals surface area contributed by atoms with Gasteiger partial charge in [-0.15, -0.1) is 10.2 Å². The number of carbonyl (C=O) groups excluding carboxylic acids is 2. The summed E-state index contributed by atoms with van der Waals surface area (Å²) in [5.74, 6) is 0.877. The smallest absolute Gasteiger partial charge is 0.233 e. The van der Waals surface area contributed by atoms with E-state index in [1.54, 1.807) is 0 Å². The van der Waals surface area contributed by atoms with Gasteiger partial charge >= 0.3 is 0 Å². The molecule has 1 N–H and O–H groups in total. The van der Waals surface area contributed by atoms with Crippen LogP contribution in [0.25, 0.3) is 5.69 Å². The van der Waals surface area contributed by atoms with Crippen molar-refractivity contribution in [2.45, 2.75) is 45.4 Å². The molecule has 0 aliphatic heterocycles. The second-order valence-corrected chi connectivity index (χ2v) is 8.43. The zero-order chi connectivity index (χ0) is 22.4. The lowest BCUT2D eigenvalue weighted by Gasteiger charge is -2.26. The standard InChI is InChI=1S/C23H27N5O2S/c1-16(2)27(14-19-9-6-5-7-10-19)22(30)15-31-23-26-25-17(3)28(23)21-12-8-11-20(13-21)24-18(4)29/h5-13,16H,14-15H2,1-4H3,(H,24,29). The van der Waals surface area contributed by atoms with E-state index in [1.165, 1.54) is 18.7 Å². The van der Waals surface area contributed by atoms with Crippen LogP contribution in [0.5, 0.6) is 0 Å². The Morgan fingerprint density at radius 3 is 2.52 bits per heavy atom. The normalized spacial score (nSPS) is 10.9. The van der Waals surface area contributed by atoms with Gasteiger partial charge in [-0.2, -0.15) is 0 Å². The lowest BCUT2D eigenvalue weighted by molar-refractivity contribution is -0.130. The van der Waals surface area contributed by atoms with Crippen LogP contribution in [0.3, 0.4) is 0 Å². The van der Waals surface area contributed by atoms with Crippen LogP contribution >= 0.6 is 11.8 Å². The molecule has 162 valence electrons. The lowest BCUT2D eigenvalue weighted by Crippen LogP contribution is -2.37. The van der Waals surface area contributed by atoms with Gasteiger partial charge in [-0.05, 0) is 44.5 Å². The molecule has 0 unspecified atom stereocenters. The van der Waals surface area contributed by atoms with Crippen LogP contribution in [0.2, 0.25) is 0 Å². The fraction of sp³-hybridized carbons (Fsp3) is 0.304. The highest BCUT2D eigenvalue weighted by Crippen LogP contribution is 2.24. The summed E-state index contributed by atoms with van der Waals surface area (Å²) in [5, 5.41) is 11.9. The van der Waals surface area contributed by atoms with Crippen molar-refractivity contribution in [3.63, 3.8) is 0 Å². The summed E-state index contributed by atoms with van der Waals surface area (Å²) in [6.07, 6.45) is 0. The number of hydrogen-bond acceptors (Lipinski definition) is 5. The maximum Gasteiger partial charge on any atom is 0.233 e. The number of hydrogen-bond donors (Lipinski definition) is 1. The summed E-state index contributed by atoms with van der Waals surface area (Å²) in [7, 11) is 0. The van der Waals surface area contributed by atoms with E-state index in [4.69, 9.17) is 0 Å². The molecule has 3 rings (SSSR count). The molecule has 0 aliphatic rings. The number of benzene rings is 2. The number of aromatic nitrogens is 3. The summed E-state index contributed by atoms with van der Waals surface area (Å²) < 4.78 is 1.89. The van der Waals surface area contributed by atoms with Crippen molar-refractivity contribution in [3.05, 3.63) is 66.0 Å². The zero-order valence-electron chi connectivity index (χ0n) is 18.2. The fourth-order valence-electron chi connectivity index (χ4n) is 3.21. The second-order valence-electron chi connectivity index (χ2n) is 7.49. The number of rotatable bonds is 8. The van der Waals surface area contributed by atoms with Crippen LogP contribution in [0.15, 0.2) is 59.8 Å². The molecule has 2 aromatic carbocycles. The molecule has 0 saturated heterocycles. The van der Waals surface area contributed by atoms with Crippen LogP contribution in [0.1, 0.15) is 32.2 Å². The van der Waals surface area contributed by atoms with E-state index in [-0.39, 0.29) is 23.6 Å². The van der Waals surface area contributed by atoms with E-state index >= 15 is 0 Å². The highest BCUT2D eigenvalue weighted by atomic mass is 32.2. The number of nitrogens with one attached hydrogen (secondary N) is 1. The molecule has 8 heteroatoms. The highest BCUT2D eigenvalue weighted by Gasteiger charge is 2.20. The number of nitrogens with zero attached hydrogens (tertiary/aromatic N) is 4. The van der Waals surface area contributed by atoms with E-state index in [0.29, 0.717) is 23.2 Å². The predicted molar refractivity (Wildman–Crippen MR) is 123 cm³/mol. The first-order valence-corrected chi connectivity index (χ1v) is 11.1. The minimum absolute atomic E-state index is 0.0445. The van der Waals surface area contributed by atoms with E-state index in [1.807, 2.05) is 84.8 Å². The van der Waals surface area contributed by atoms with Crippen molar-refractivity contribution < 1.29 is 9.59 Å². The van der Waals surface area contributed by atoms with E-state index in [9.17, 15) is 9.59 Å². The first-order valence-electron chi connectivity index (χ1n) is 10.1. The van der Waals surface area contributed by atoms with Crippen LogP contribution in [-0.4, -0.2) is 43.3 Å². The average molecular weight is 438 g/mol. The van der Waals surface area contributed by atoms with Gasteiger partial charge in [0.2, 0.25) is 11.8 Å². The second kappa shape index (κ2) is 10.3. The molecule has 0 spiro atoms. The van der Waals surface area contributed by atoms with Crippen LogP contribution in [-0.2, 0) is 16.1 Å². The molecule has 0 saturated carbocycles. The molecule has 0 radical (unpaired) electrons. The molecule has 2 amide bonds. The Hall–Kier alpha value is -3.13. The highest BCUT2D eigenvalue weighted by molar-refractivity contribution is 7.99. The fourth-order valence-corrected chi connectivity index (χ4v) is 4.09. The number of amides is 2. The first kappa shape index (κ1) is 22.6. The van der Waals surface area contributed by atoms with Gasteiger partial charge in [0.05, 0.1) is 11.4 Å². The largest absolute Gasteiger partial charge is 0.335 e. The van der Waals surface area contributed by atoms with Gasteiger partial charge in [-0.1, -0.05) is 48.2 Å². The summed E-state index contributed by atoms with van der Waals surface area (Å²) in [6, 6.07) is 17.5. The first-order chi connectivity index (χ1) is 14.8. The van der Waals surface area contributed by atoms with Crippen molar-refractivity contribution in [1.82, 2.24) is 19.7 Å². The molecule has 31 heavy (non-hydrogen) atoms. The predicted octanol–water partition coefficient (Wildman–Crippen LogP) is 4.06. The van der Waals surface area contributed by atoms with Gasteiger partial charge in [-0.3, -0.25) is 14.2 Å². The number of thioether (sulfide) groups is 1. The Bertz CT molecular complexity index is 1050. The van der Waals surface area contributed by atoms with Crippen molar-refractivity contribution in [3.8, 4) is 5.69 Å². The minimum atomic E-state index is -0.134. The van der Waals surface area contributed by atoms with Crippen molar-refractivity contribution in [1.29, 1.82) is 0 Å². The van der Waals surface area contributed by atoms with E-state index < -0.39 is 0 Å². The van der Waals surface area contributed by atoms with Crippen molar-refractivity contribution in [2.24, 2.45) is 0 Å². The Labute approximate surface area is 186 Å². The topological polar surface area (TPSA) is 80.1 Å². The Morgan fingerprint density at radius 2 is 1.84 bits per heavy atom. The summed E-state index contributed by atoms with van der Waals surface area (Å²) in [5.41, 5.74) is 2.62. The van der Waals surface area contributed by atoms with Crippen LogP contribution in [0.4, 0.5) is 5.69 Å². The van der Waals surface area contributed by atoms with Gasteiger partial charge in [0.15, 0.2) is 5.16 Å². The third kappa shape index (κ3) is 5.95. The summed E-state index contributed by atoms with van der Waals surface area (Å²) in [6.45, 7) is 7.94. The molecule has 3 aromatic rings. The van der Waals surface area contributed by atoms with Crippen molar-refractivity contribution in [2.75, 3.05) is 11.1 Å². The molecular weight excluding hydrogens is 410 g/mol. The Kier molecular flexibility index (Phi) is 7.46. The Morgan fingerprint density at radius 1 is 1.10 bits per heavy atom. The molecule has 0 bridgehead atoms. The average Bonchev–Trinajstić information content (AvgIpc) is 3.11.